The van der Waals surface area contributed by atoms with Crippen LogP contribution in [-0.4, -0.2) is 35.7 Å². The fourth-order valence-electron chi connectivity index (χ4n) is 3.16. The van der Waals surface area contributed by atoms with E-state index in [9.17, 15) is 15.2 Å². The van der Waals surface area contributed by atoms with Crippen molar-refractivity contribution in [3.05, 3.63) is 51.3 Å². The lowest BCUT2D eigenvalue weighted by Crippen LogP contribution is -2.29. The third-order valence-corrected chi connectivity index (χ3v) is 4.67. The molecule has 0 aliphatic carbocycles. The summed E-state index contributed by atoms with van der Waals surface area (Å²) in [4.78, 5) is 17.0. The smallest absolute Gasteiger partial charge is 0.271 e. The lowest BCUT2D eigenvalue weighted by Gasteiger charge is -2.17. The summed E-state index contributed by atoms with van der Waals surface area (Å²) in [6.07, 6.45) is 3.03. The number of benzene rings is 1. The number of aromatic hydroxyl groups is 1. The first-order valence-corrected chi connectivity index (χ1v) is 8.72. The van der Waals surface area contributed by atoms with Gasteiger partial charge in [-0.15, -0.1) is 0 Å². The highest BCUT2D eigenvalue weighted by molar-refractivity contribution is 5.87. The molecule has 1 saturated heterocycles. The van der Waals surface area contributed by atoms with E-state index in [2.05, 4.69) is 4.99 Å². The van der Waals surface area contributed by atoms with Crippen molar-refractivity contribution in [2.24, 2.45) is 4.99 Å². The standard InChI is InChI=1S/C20H21N3O4/c1-13-15(10-21)19(24)23(12-14-6-5-9-27-14)20(25)16(13)11-22-17-7-3-4-8-18(17)26-2/h3-4,7-8,11,14,25H,5-6,9,12H2,1-2H3. The number of aliphatic imine (C=N–C) groups is 1. The van der Waals surface area contributed by atoms with Crippen LogP contribution >= 0.6 is 0 Å². The van der Waals surface area contributed by atoms with Gasteiger partial charge in [0.15, 0.2) is 0 Å². The van der Waals surface area contributed by atoms with E-state index in [1.165, 1.54) is 10.8 Å². The summed E-state index contributed by atoms with van der Waals surface area (Å²) < 4.78 is 12.0. The first kappa shape index (κ1) is 18.7. The van der Waals surface area contributed by atoms with E-state index in [4.69, 9.17) is 9.47 Å². The zero-order chi connectivity index (χ0) is 19.4. The minimum Gasteiger partial charge on any atom is -0.494 e. The molecule has 0 amide bonds. The van der Waals surface area contributed by atoms with Gasteiger partial charge in [0.1, 0.15) is 23.1 Å². The van der Waals surface area contributed by atoms with Gasteiger partial charge < -0.3 is 14.6 Å². The van der Waals surface area contributed by atoms with Crippen molar-refractivity contribution in [3.63, 3.8) is 0 Å². The van der Waals surface area contributed by atoms with E-state index in [0.29, 0.717) is 29.2 Å². The summed E-state index contributed by atoms with van der Waals surface area (Å²) in [6.45, 7) is 2.47. The monoisotopic (exact) mass is 367 g/mol. The number of rotatable bonds is 5. The van der Waals surface area contributed by atoms with Crippen molar-refractivity contribution in [1.82, 2.24) is 4.57 Å². The zero-order valence-electron chi connectivity index (χ0n) is 15.3. The summed E-state index contributed by atoms with van der Waals surface area (Å²) in [6, 6.07) is 9.14. The molecule has 7 nitrogen and oxygen atoms in total. The van der Waals surface area contributed by atoms with Crippen LogP contribution in [0.15, 0.2) is 34.1 Å². The molecule has 1 aliphatic heterocycles. The molecule has 1 aromatic carbocycles. The van der Waals surface area contributed by atoms with Gasteiger partial charge in [0.2, 0.25) is 5.88 Å². The lowest BCUT2D eigenvalue weighted by atomic mass is 10.1. The molecule has 27 heavy (non-hydrogen) atoms. The third kappa shape index (κ3) is 3.71. The second-order valence-electron chi connectivity index (χ2n) is 6.33. The summed E-state index contributed by atoms with van der Waals surface area (Å²) in [5.41, 5.74) is 0.774. The Labute approximate surface area is 157 Å². The van der Waals surface area contributed by atoms with Gasteiger partial charge >= 0.3 is 0 Å². The Kier molecular flexibility index (Phi) is 5.57. The number of pyridine rings is 1. The van der Waals surface area contributed by atoms with Gasteiger partial charge in [0, 0.05) is 12.8 Å². The minimum absolute atomic E-state index is 0.00715. The molecular weight excluding hydrogens is 346 g/mol. The molecule has 0 saturated carbocycles. The molecule has 140 valence electrons. The first-order valence-electron chi connectivity index (χ1n) is 8.72. The van der Waals surface area contributed by atoms with Crippen molar-refractivity contribution in [3.8, 4) is 17.7 Å². The molecular formula is C20H21N3O4. The normalized spacial score (nSPS) is 16.6. The predicted molar refractivity (Wildman–Crippen MR) is 101 cm³/mol. The summed E-state index contributed by atoms with van der Waals surface area (Å²) in [5.74, 6) is 0.365. The summed E-state index contributed by atoms with van der Waals surface area (Å²) >= 11 is 0. The van der Waals surface area contributed by atoms with Crippen molar-refractivity contribution in [2.45, 2.75) is 32.4 Å². The van der Waals surface area contributed by atoms with E-state index in [0.717, 1.165) is 12.8 Å². The average Bonchev–Trinajstić information content (AvgIpc) is 3.19. The van der Waals surface area contributed by atoms with Crippen molar-refractivity contribution in [2.75, 3.05) is 13.7 Å². The Morgan fingerprint density at radius 1 is 1.48 bits per heavy atom. The second-order valence-corrected chi connectivity index (χ2v) is 6.33. The topological polar surface area (TPSA) is 96.8 Å². The molecule has 1 unspecified atom stereocenters. The van der Waals surface area contributed by atoms with Gasteiger partial charge in [-0.25, -0.2) is 0 Å². The van der Waals surface area contributed by atoms with Crippen LogP contribution in [0.5, 0.6) is 11.6 Å². The van der Waals surface area contributed by atoms with Crippen molar-refractivity contribution in [1.29, 1.82) is 5.26 Å². The third-order valence-electron chi connectivity index (χ3n) is 4.67. The van der Waals surface area contributed by atoms with Crippen LogP contribution in [0.25, 0.3) is 0 Å². The molecule has 1 N–H and O–H groups in total. The fourth-order valence-corrected chi connectivity index (χ4v) is 3.16. The Bertz CT molecular complexity index is 966. The number of hydrogen-bond acceptors (Lipinski definition) is 6. The highest BCUT2D eigenvalue weighted by atomic mass is 16.5. The Morgan fingerprint density at radius 3 is 2.93 bits per heavy atom. The predicted octanol–water partition coefficient (Wildman–Crippen LogP) is 2.67. The van der Waals surface area contributed by atoms with Crippen LogP contribution in [-0.2, 0) is 11.3 Å². The molecule has 2 aromatic rings. The van der Waals surface area contributed by atoms with E-state index in [1.54, 1.807) is 26.2 Å². The van der Waals surface area contributed by atoms with Gasteiger partial charge in [-0.3, -0.25) is 14.4 Å². The zero-order valence-corrected chi connectivity index (χ0v) is 15.3. The molecule has 0 radical (unpaired) electrons. The van der Waals surface area contributed by atoms with Gasteiger partial charge in [-0.2, -0.15) is 5.26 Å². The molecule has 1 atom stereocenters. The summed E-state index contributed by atoms with van der Waals surface area (Å²) in [7, 11) is 1.55. The van der Waals surface area contributed by atoms with E-state index >= 15 is 0 Å². The number of aromatic nitrogens is 1. The Balaban J connectivity index is 2.07. The number of hydrogen-bond donors (Lipinski definition) is 1. The number of nitriles is 1. The molecule has 0 spiro atoms. The van der Waals surface area contributed by atoms with Crippen LogP contribution in [0.3, 0.4) is 0 Å². The van der Waals surface area contributed by atoms with Crippen molar-refractivity contribution >= 4 is 11.9 Å². The van der Waals surface area contributed by atoms with Crippen LogP contribution in [0.1, 0.15) is 29.5 Å². The van der Waals surface area contributed by atoms with Crippen LogP contribution in [0.2, 0.25) is 0 Å². The molecule has 7 heteroatoms. The van der Waals surface area contributed by atoms with E-state index < -0.39 is 5.56 Å². The molecule has 2 heterocycles. The van der Waals surface area contributed by atoms with Gasteiger partial charge in [0.05, 0.1) is 25.3 Å². The molecule has 3 rings (SSSR count). The number of nitrogens with zero attached hydrogens (tertiary/aromatic N) is 3. The minimum atomic E-state index is -0.516. The van der Waals surface area contributed by atoms with Crippen LogP contribution in [0, 0.1) is 18.3 Å². The molecule has 0 bridgehead atoms. The summed E-state index contributed by atoms with van der Waals surface area (Å²) in [5, 5.41) is 20.1. The quantitative estimate of drug-likeness (QED) is 0.820. The maximum Gasteiger partial charge on any atom is 0.271 e. The molecule has 1 fully saturated rings. The SMILES string of the molecule is COc1ccccc1N=Cc1c(C)c(C#N)c(=O)n(CC2CCCO2)c1O. The molecule has 1 aliphatic rings. The van der Waals surface area contributed by atoms with Gasteiger partial charge in [0.25, 0.3) is 5.56 Å². The second kappa shape index (κ2) is 8.06. The largest absolute Gasteiger partial charge is 0.494 e. The fraction of sp³-hybridized carbons (Fsp3) is 0.350. The molecule has 1 aromatic heterocycles. The first-order chi connectivity index (χ1) is 13.1. The Morgan fingerprint density at radius 2 is 2.26 bits per heavy atom. The maximum absolute atomic E-state index is 12.6. The average molecular weight is 367 g/mol. The van der Waals surface area contributed by atoms with Crippen LogP contribution in [0.4, 0.5) is 5.69 Å². The highest BCUT2D eigenvalue weighted by Crippen LogP contribution is 2.28. The number of methoxy groups -OCH3 is 1. The lowest BCUT2D eigenvalue weighted by molar-refractivity contribution is 0.0938. The maximum atomic E-state index is 12.6. The highest BCUT2D eigenvalue weighted by Gasteiger charge is 2.23. The van der Waals surface area contributed by atoms with Gasteiger partial charge in [-0.1, -0.05) is 12.1 Å². The van der Waals surface area contributed by atoms with Crippen LogP contribution < -0.4 is 10.3 Å². The Hall–Kier alpha value is -3.11. The van der Waals surface area contributed by atoms with E-state index in [1.807, 2.05) is 18.2 Å². The number of para-hydroxylation sites is 2. The van der Waals surface area contributed by atoms with Crippen molar-refractivity contribution < 1.29 is 14.6 Å². The van der Waals surface area contributed by atoms with E-state index in [-0.39, 0.29) is 24.1 Å². The van der Waals surface area contributed by atoms with Gasteiger partial charge in [-0.05, 0) is 37.5 Å². The number of ether oxygens (including phenoxy) is 2.